The zero-order chi connectivity index (χ0) is 27.9. The topological polar surface area (TPSA) is 100 Å². The minimum atomic E-state index is -0.390. The van der Waals surface area contributed by atoms with Crippen molar-refractivity contribution < 1.29 is 4.39 Å². The van der Waals surface area contributed by atoms with Crippen LogP contribution in [0.25, 0.3) is 28.2 Å². The van der Waals surface area contributed by atoms with Crippen molar-refractivity contribution in [3.05, 3.63) is 72.0 Å². The lowest BCUT2D eigenvalue weighted by Crippen LogP contribution is -2.34. The van der Waals surface area contributed by atoms with E-state index in [0.717, 1.165) is 56.8 Å². The van der Waals surface area contributed by atoms with Gasteiger partial charge in [-0.05, 0) is 56.2 Å². The molecule has 1 fully saturated rings. The first-order valence-corrected chi connectivity index (χ1v) is 14.5. The molecular weight excluding hydrogens is 549 g/mol. The second-order valence-corrected chi connectivity index (χ2v) is 10.7. The Morgan fingerprint density at radius 3 is 2.62 bits per heavy atom. The van der Waals surface area contributed by atoms with Crippen LogP contribution in [0.2, 0.25) is 5.02 Å². The maximum Gasteiger partial charge on any atom is 0.155 e. The Balaban J connectivity index is 1.49. The van der Waals surface area contributed by atoms with Crippen molar-refractivity contribution in [2.45, 2.75) is 19.8 Å². The zero-order valence-corrected chi connectivity index (χ0v) is 23.9. The van der Waals surface area contributed by atoms with Crippen LogP contribution in [0, 0.1) is 5.82 Å². The molecule has 1 aromatic carbocycles. The molecule has 4 heterocycles. The highest BCUT2D eigenvalue weighted by molar-refractivity contribution is 7.98. The van der Waals surface area contributed by atoms with Gasteiger partial charge in [0.1, 0.15) is 5.69 Å². The first-order valence-electron chi connectivity index (χ1n) is 13.4. The number of aromatic nitrogens is 4. The lowest BCUT2D eigenvalue weighted by molar-refractivity contribution is 0.588. The summed E-state index contributed by atoms with van der Waals surface area (Å²) in [7, 11) is 0. The quantitative estimate of drug-likeness (QED) is 0.118. The number of likely N-dealkylation sites (N-methyl/N-ethyl adjacent to an activating group) is 1. The number of rotatable bonds is 12. The highest BCUT2D eigenvalue weighted by Gasteiger charge is 2.21. The summed E-state index contributed by atoms with van der Waals surface area (Å²) in [5.41, 5.74) is 9.26. The van der Waals surface area contributed by atoms with Crippen molar-refractivity contribution in [2.75, 3.05) is 49.0 Å². The summed E-state index contributed by atoms with van der Waals surface area (Å²) in [4.78, 5) is 11.0. The third-order valence-electron chi connectivity index (χ3n) is 6.76. The van der Waals surface area contributed by atoms with Crippen molar-refractivity contribution in [3.8, 4) is 28.2 Å². The number of hydrogen-bond donors (Lipinski definition) is 3. The van der Waals surface area contributed by atoms with Gasteiger partial charge in [-0.1, -0.05) is 11.6 Å². The number of nitrogens with two attached hydrogens (primary N) is 1. The molecule has 0 spiro atoms. The first-order chi connectivity index (χ1) is 19.6. The molecular formula is C28H33ClFN9S. The Hall–Kier alpha value is -3.22. The van der Waals surface area contributed by atoms with Crippen LogP contribution in [0.4, 0.5) is 15.8 Å². The number of nitrogens with zero attached hydrogens (tertiary/aromatic N) is 6. The van der Waals surface area contributed by atoms with Crippen molar-refractivity contribution in [1.29, 1.82) is 0 Å². The van der Waals surface area contributed by atoms with E-state index in [2.05, 4.69) is 36.1 Å². The average Bonchev–Trinajstić information content (AvgIpc) is 3.67. The summed E-state index contributed by atoms with van der Waals surface area (Å²) in [6, 6.07) is 10.9. The summed E-state index contributed by atoms with van der Waals surface area (Å²) in [6.45, 7) is 6.92. The van der Waals surface area contributed by atoms with Gasteiger partial charge >= 0.3 is 0 Å². The summed E-state index contributed by atoms with van der Waals surface area (Å²) in [5.74, 6) is 0.228. The van der Waals surface area contributed by atoms with Crippen molar-refractivity contribution >= 4 is 35.1 Å². The molecule has 0 atom stereocenters. The van der Waals surface area contributed by atoms with Crippen LogP contribution >= 0.6 is 23.7 Å². The van der Waals surface area contributed by atoms with Crippen LogP contribution in [0.3, 0.4) is 0 Å². The third kappa shape index (κ3) is 6.56. The molecule has 0 amide bonds. The van der Waals surface area contributed by atoms with Gasteiger partial charge in [0.2, 0.25) is 0 Å². The highest BCUT2D eigenvalue weighted by Crippen LogP contribution is 2.38. The second kappa shape index (κ2) is 13.4. The summed E-state index contributed by atoms with van der Waals surface area (Å²) < 4.78 is 23.0. The number of benzene rings is 1. The van der Waals surface area contributed by atoms with Crippen molar-refractivity contribution in [2.24, 2.45) is 5.73 Å². The Kier molecular flexibility index (Phi) is 9.50. The van der Waals surface area contributed by atoms with Crippen LogP contribution in [-0.4, -0.2) is 63.4 Å². The molecule has 4 N–H and O–H groups in total. The van der Waals surface area contributed by atoms with Gasteiger partial charge in [-0.25, -0.2) is 18.4 Å². The van der Waals surface area contributed by atoms with Crippen LogP contribution in [0.15, 0.2) is 61.2 Å². The Labute approximate surface area is 243 Å². The maximum atomic E-state index is 16.0. The molecule has 1 aliphatic heterocycles. The SMILES string of the molecule is CCN(CCNCN)c1ccc(-n2cc(-c3cc(Cl)cc(NSN4CCCC4)c3F)c(-c3ccncc3)n2)nc1. The van der Waals surface area contributed by atoms with Gasteiger partial charge < -0.3 is 20.7 Å². The van der Waals surface area contributed by atoms with Gasteiger partial charge in [-0.3, -0.25) is 4.98 Å². The van der Waals surface area contributed by atoms with Crippen LogP contribution in [-0.2, 0) is 0 Å². The predicted octanol–water partition coefficient (Wildman–Crippen LogP) is 5.19. The maximum absolute atomic E-state index is 16.0. The number of hydrogen-bond acceptors (Lipinski definition) is 9. The first kappa shape index (κ1) is 28.3. The van der Waals surface area contributed by atoms with Crippen LogP contribution in [0.1, 0.15) is 19.8 Å². The van der Waals surface area contributed by atoms with E-state index in [4.69, 9.17) is 22.4 Å². The van der Waals surface area contributed by atoms with E-state index < -0.39 is 0 Å². The van der Waals surface area contributed by atoms with Gasteiger partial charge in [-0.15, -0.1) is 0 Å². The van der Waals surface area contributed by atoms with E-state index in [1.165, 1.54) is 12.1 Å². The third-order valence-corrected chi connectivity index (χ3v) is 7.91. The Bertz CT molecular complexity index is 1400. The number of pyridine rings is 2. The standard InChI is InChI=1S/C28H33ClFN9S/c1-2-37(14-11-33-19-31)22-5-6-26(34-17-22)39-18-24(28(35-39)20-7-9-32-10-8-20)23-15-21(29)16-25(27(23)30)36-40-38-12-3-4-13-38/h5-10,15-18,33,36H,2-4,11-14,19,31H2,1H3. The molecule has 0 aliphatic carbocycles. The van der Waals surface area contributed by atoms with Crippen molar-refractivity contribution in [1.82, 2.24) is 29.4 Å². The molecule has 9 nitrogen and oxygen atoms in total. The fourth-order valence-corrected chi connectivity index (χ4v) is 5.69. The lowest BCUT2D eigenvalue weighted by atomic mass is 10.0. The monoisotopic (exact) mass is 581 g/mol. The number of nitrogens with one attached hydrogen (secondary N) is 2. The summed E-state index contributed by atoms with van der Waals surface area (Å²) >= 11 is 7.91. The normalized spacial score (nSPS) is 13.6. The summed E-state index contributed by atoms with van der Waals surface area (Å²) in [6.07, 6.45) is 9.29. The van der Waals surface area contributed by atoms with E-state index >= 15 is 4.39 Å². The van der Waals surface area contributed by atoms with Crippen LogP contribution < -0.4 is 20.7 Å². The van der Waals surface area contributed by atoms with Gasteiger partial charge in [-0.2, -0.15) is 5.10 Å². The van der Waals surface area contributed by atoms with Crippen LogP contribution in [0.5, 0.6) is 0 Å². The van der Waals surface area contributed by atoms with Crippen molar-refractivity contribution in [3.63, 3.8) is 0 Å². The molecule has 0 bridgehead atoms. The average molecular weight is 582 g/mol. The van der Waals surface area contributed by atoms with E-state index in [-0.39, 0.29) is 5.82 Å². The lowest BCUT2D eigenvalue weighted by Gasteiger charge is -2.22. The molecule has 3 aromatic heterocycles. The molecule has 0 unspecified atom stereocenters. The molecule has 210 valence electrons. The van der Waals surface area contributed by atoms with E-state index in [9.17, 15) is 0 Å². The second-order valence-electron chi connectivity index (χ2n) is 9.37. The van der Waals surface area contributed by atoms with Gasteiger partial charge in [0, 0.05) is 91.8 Å². The molecule has 0 saturated carbocycles. The molecule has 5 rings (SSSR count). The summed E-state index contributed by atoms with van der Waals surface area (Å²) in [5, 5.41) is 8.41. The number of anilines is 2. The molecule has 12 heteroatoms. The molecule has 1 saturated heterocycles. The van der Waals surface area contributed by atoms with E-state index in [1.807, 2.05) is 30.5 Å². The van der Waals surface area contributed by atoms with Gasteiger partial charge in [0.05, 0.1) is 17.6 Å². The largest absolute Gasteiger partial charge is 0.369 e. The fourth-order valence-electron chi connectivity index (χ4n) is 4.65. The molecule has 1 aliphatic rings. The predicted molar refractivity (Wildman–Crippen MR) is 162 cm³/mol. The van der Waals surface area contributed by atoms with E-state index in [1.54, 1.807) is 35.4 Å². The Morgan fingerprint density at radius 2 is 1.93 bits per heavy atom. The highest BCUT2D eigenvalue weighted by atomic mass is 35.5. The smallest absolute Gasteiger partial charge is 0.155 e. The molecule has 4 aromatic rings. The minimum Gasteiger partial charge on any atom is -0.369 e. The zero-order valence-electron chi connectivity index (χ0n) is 22.4. The van der Waals surface area contributed by atoms with Gasteiger partial charge in [0.25, 0.3) is 0 Å². The Morgan fingerprint density at radius 1 is 1.12 bits per heavy atom. The fraction of sp³-hybridized carbons (Fsp3) is 0.321. The molecule has 0 radical (unpaired) electrons. The minimum absolute atomic E-state index is 0.332. The number of halogens is 2. The van der Waals surface area contributed by atoms with Gasteiger partial charge in [0.15, 0.2) is 11.6 Å². The molecule has 40 heavy (non-hydrogen) atoms. The van der Waals surface area contributed by atoms with E-state index in [0.29, 0.717) is 40.0 Å².